The molecule has 150 valence electrons. The Hall–Kier alpha value is -0.0188. The minimum absolute atomic E-state index is 0. The summed E-state index contributed by atoms with van der Waals surface area (Å²) in [5, 5.41) is 3.21. The van der Waals surface area contributed by atoms with Gasteiger partial charge >= 0.3 is 168 Å². The van der Waals surface area contributed by atoms with Crippen molar-refractivity contribution < 1.29 is 57.7 Å². The first-order chi connectivity index (χ1) is 12.0. The van der Waals surface area contributed by atoms with Crippen LogP contribution in [0.15, 0.2) is 42.0 Å². The number of fused-ring (bicyclic) bond motifs is 1. The predicted octanol–water partition coefficient (Wildman–Crippen LogP) is -4.61. The van der Waals surface area contributed by atoms with E-state index in [1.807, 2.05) is 0 Å². The molecule has 0 heterocycles. The van der Waals surface area contributed by atoms with E-state index in [-0.39, 0.29) is 37.2 Å². The average molecular weight is 488 g/mol. The summed E-state index contributed by atoms with van der Waals surface area (Å²) in [7, 11) is -0.433. The molecule has 0 bridgehead atoms. The molecule has 3 rings (SSSR count). The molecular weight excluding hydrogens is 459 g/mol. The molecule has 0 radical (unpaired) electrons. The first kappa shape index (κ1) is 28.0. The summed E-state index contributed by atoms with van der Waals surface area (Å²) < 4.78 is 1.56. The molecule has 0 fully saturated rings. The normalized spacial score (nSPS) is 15.1. The molecular formula is C23H29Cl3SiTi. The molecule has 0 saturated carbocycles. The Balaban J connectivity index is 0.00000243. The molecule has 1 aliphatic carbocycles. The summed E-state index contributed by atoms with van der Waals surface area (Å²) in [6.07, 6.45) is 5.33. The van der Waals surface area contributed by atoms with Crippen LogP contribution in [0, 0.1) is 13.8 Å². The van der Waals surface area contributed by atoms with Gasteiger partial charge in [0.15, 0.2) is 0 Å². The van der Waals surface area contributed by atoms with Gasteiger partial charge in [0.2, 0.25) is 0 Å². The Morgan fingerprint density at radius 1 is 0.929 bits per heavy atom. The maximum absolute atomic E-state index is 2.40. The van der Waals surface area contributed by atoms with Gasteiger partial charge < -0.3 is 37.2 Å². The molecule has 1 aliphatic rings. The zero-order valence-electron chi connectivity index (χ0n) is 17.2. The summed E-state index contributed by atoms with van der Waals surface area (Å²) in [4.78, 5) is 0. The predicted molar refractivity (Wildman–Crippen MR) is 110 cm³/mol. The number of benzene rings is 2. The van der Waals surface area contributed by atoms with E-state index in [0.717, 1.165) is 0 Å². The third-order valence-corrected chi connectivity index (χ3v) is 8.29. The standard InChI is InChI=1S/C23H29Si.3ClH.Ti/c1-5-6-7-9-20-18(4)15-22-21(20)10-8-11-23(22)24-19-13-16(2)12-17(3)14-19;;;;/h8,10-14,20H,5-7,9,24H2,1-4H3;3*1H;/q;;;;+3/p-3. The first-order valence-electron chi connectivity index (χ1n) is 9.63. The molecule has 0 nitrogen and oxygen atoms in total. The summed E-state index contributed by atoms with van der Waals surface area (Å²) >= 11 is 2.35. The topological polar surface area (TPSA) is 0 Å². The van der Waals surface area contributed by atoms with E-state index in [1.54, 1.807) is 31.0 Å². The minimum Gasteiger partial charge on any atom is -1.00 e. The van der Waals surface area contributed by atoms with Crippen molar-refractivity contribution in [3.05, 3.63) is 64.2 Å². The smallest absolute Gasteiger partial charge is 1.00 e. The molecule has 2 aromatic rings. The van der Waals surface area contributed by atoms with Gasteiger partial charge in [-0.05, 0) is 0 Å². The van der Waals surface area contributed by atoms with Gasteiger partial charge in [-0.1, -0.05) is 0 Å². The van der Waals surface area contributed by atoms with Crippen LogP contribution in [-0.2, 0) is 20.4 Å². The number of hydrogen-bond acceptors (Lipinski definition) is 0. The van der Waals surface area contributed by atoms with Gasteiger partial charge in [0, 0.05) is 0 Å². The fourth-order valence-corrected chi connectivity index (χ4v) is 7.45. The van der Waals surface area contributed by atoms with Crippen LogP contribution in [0.1, 0.15) is 67.7 Å². The van der Waals surface area contributed by atoms with Crippen LogP contribution in [-0.4, -0.2) is 9.52 Å². The number of hydrogen-bond donors (Lipinski definition) is 0. The van der Waals surface area contributed by atoms with Crippen LogP contribution in [0.2, 0.25) is 0 Å². The quantitative estimate of drug-likeness (QED) is 0.284. The van der Waals surface area contributed by atoms with Crippen molar-refractivity contribution in [2.24, 2.45) is 0 Å². The Labute approximate surface area is 203 Å². The molecule has 28 heavy (non-hydrogen) atoms. The van der Waals surface area contributed by atoms with Gasteiger partial charge in [-0.15, -0.1) is 0 Å². The molecule has 5 heteroatoms. The van der Waals surface area contributed by atoms with Crippen molar-refractivity contribution in [3.8, 4) is 0 Å². The molecule has 0 aliphatic heterocycles. The van der Waals surface area contributed by atoms with E-state index < -0.39 is 9.52 Å². The molecule has 1 atom stereocenters. The van der Waals surface area contributed by atoms with Crippen molar-refractivity contribution in [2.75, 3.05) is 0 Å². The summed E-state index contributed by atoms with van der Waals surface area (Å²) in [5.41, 5.74) is 7.63. The number of halogens is 3. The van der Waals surface area contributed by atoms with Crippen molar-refractivity contribution in [2.45, 2.75) is 59.3 Å². The van der Waals surface area contributed by atoms with Crippen LogP contribution in [0.25, 0.3) is 3.88 Å². The second kappa shape index (κ2) is 12.6. The minimum atomic E-state index is -0.433. The van der Waals surface area contributed by atoms with Gasteiger partial charge in [-0.25, -0.2) is 0 Å². The Morgan fingerprint density at radius 2 is 1.57 bits per heavy atom. The van der Waals surface area contributed by atoms with Gasteiger partial charge in [-0.2, -0.15) is 0 Å². The zero-order chi connectivity index (χ0) is 18.0. The second-order valence-electron chi connectivity index (χ2n) is 7.66. The largest absolute Gasteiger partial charge is 1.00 e. The SMILES string of the molecule is CCCCCC1C(C)=[C]([Ti+3])c2c([SiH2]c3cc(C)cc(C)c3)cccc21.[Cl-].[Cl-].[Cl-]. The van der Waals surface area contributed by atoms with Gasteiger partial charge in [0.25, 0.3) is 0 Å². The monoisotopic (exact) mass is 486 g/mol. The molecule has 0 N–H and O–H groups in total. The second-order valence-corrected chi connectivity index (χ2v) is 10.4. The average Bonchev–Trinajstić information content (AvgIpc) is 2.80. The Kier molecular flexibility index (Phi) is 12.6. The van der Waals surface area contributed by atoms with E-state index in [9.17, 15) is 0 Å². The van der Waals surface area contributed by atoms with Crippen molar-refractivity contribution in [1.29, 1.82) is 0 Å². The number of unbranched alkanes of at least 4 members (excludes halogenated alkanes) is 2. The molecule has 2 aromatic carbocycles. The summed E-state index contributed by atoms with van der Waals surface area (Å²) in [5.74, 6) is 0.662. The molecule has 0 aromatic heterocycles. The number of allylic oxidation sites excluding steroid dienone is 1. The Bertz CT molecular complexity index is 797. The van der Waals surface area contributed by atoms with E-state index in [4.69, 9.17) is 0 Å². The maximum Gasteiger partial charge on any atom is -1.00 e. The van der Waals surface area contributed by atoms with E-state index in [2.05, 4.69) is 84.5 Å². The number of aryl methyl sites for hydroxylation is 2. The van der Waals surface area contributed by atoms with Gasteiger partial charge in [0.05, 0.1) is 0 Å². The summed E-state index contributed by atoms with van der Waals surface area (Å²) in [6, 6.07) is 14.2. The molecule has 1 unspecified atom stereocenters. The Morgan fingerprint density at radius 3 is 2.18 bits per heavy atom. The van der Waals surface area contributed by atoms with Crippen molar-refractivity contribution in [3.63, 3.8) is 0 Å². The van der Waals surface area contributed by atoms with Crippen molar-refractivity contribution in [1.82, 2.24) is 0 Å². The molecule has 0 amide bonds. The van der Waals surface area contributed by atoms with Crippen LogP contribution in [0.4, 0.5) is 0 Å². The van der Waals surface area contributed by atoms with E-state index >= 15 is 0 Å². The maximum atomic E-state index is 2.40. The van der Waals surface area contributed by atoms with Crippen LogP contribution in [0.3, 0.4) is 0 Å². The number of rotatable bonds is 6. The fourth-order valence-electron chi connectivity index (χ4n) is 4.33. The first-order valence-corrected chi connectivity index (χ1v) is 11.8. The molecule has 0 saturated heterocycles. The third kappa shape index (κ3) is 6.24. The van der Waals surface area contributed by atoms with Crippen molar-refractivity contribution >= 4 is 23.8 Å². The van der Waals surface area contributed by atoms with Crippen LogP contribution < -0.4 is 47.6 Å². The third-order valence-electron chi connectivity index (χ3n) is 5.50. The van der Waals surface area contributed by atoms with Crippen LogP contribution >= 0.6 is 0 Å². The van der Waals surface area contributed by atoms with Gasteiger partial charge in [0.1, 0.15) is 0 Å². The fraction of sp³-hybridized carbons (Fsp3) is 0.391. The van der Waals surface area contributed by atoms with E-state index in [0.29, 0.717) is 5.92 Å². The van der Waals surface area contributed by atoms with Gasteiger partial charge in [-0.3, -0.25) is 0 Å². The zero-order valence-corrected chi connectivity index (χ0v) is 22.5. The van der Waals surface area contributed by atoms with E-state index in [1.165, 1.54) is 36.8 Å². The summed E-state index contributed by atoms with van der Waals surface area (Å²) in [6.45, 7) is 9.11. The van der Waals surface area contributed by atoms with Crippen LogP contribution in [0.5, 0.6) is 0 Å². The molecule has 0 spiro atoms.